The molecule has 0 bridgehead atoms. The van der Waals surface area contributed by atoms with Crippen molar-refractivity contribution in [3.63, 3.8) is 0 Å². The number of hydrogen-bond acceptors (Lipinski definition) is 4. The zero-order valence-corrected chi connectivity index (χ0v) is 17.3. The van der Waals surface area contributed by atoms with Gasteiger partial charge in [-0.3, -0.25) is 0 Å². The van der Waals surface area contributed by atoms with Crippen LogP contribution in [0.25, 0.3) is 16.8 Å². The SMILES string of the molecule is C=C=C(C)c1c(C)csc1N=C(C)Cn1nc(-c2cccc(F)c2)c(C)c1N. The average molecular weight is 395 g/mol. The molecule has 3 aromatic rings. The van der Waals surface area contributed by atoms with Gasteiger partial charge in [-0.15, -0.1) is 17.1 Å². The Morgan fingerprint density at radius 2 is 2.11 bits per heavy atom. The Hall–Kier alpha value is -2.95. The quantitative estimate of drug-likeness (QED) is 0.431. The van der Waals surface area contributed by atoms with Gasteiger partial charge >= 0.3 is 0 Å². The Balaban J connectivity index is 1.94. The molecule has 6 heteroatoms. The molecular weight excluding hydrogens is 371 g/mol. The first-order valence-electron chi connectivity index (χ1n) is 8.90. The summed E-state index contributed by atoms with van der Waals surface area (Å²) < 4.78 is 15.3. The maximum Gasteiger partial charge on any atom is 0.125 e. The van der Waals surface area contributed by atoms with Crippen LogP contribution in [0.4, 0.5) is 15.2 Å². The molecule has 0 aliphatic carbocycles. The molecule has 0 saturated carbocycles. The summed E-state index contributed by atoms with van der Waals surface area (Å²) in [6, 6.07) is 6.37. The van der Waals surface area contributed by atoms with Crippen molar-refractivity contribution >= 4 is 33.4 Å². The van der Waals surface area contributed by atoms with Gasteiger partial charge in [0.25, 0.3) is 0 Å². The molecule has 0 saturated heterocycles. The van der Waals surface area contributed by atoms with E-state index in [9.17, 15) is 4.39 Å². The number of aryl methyl sites for hydroxylation is 1. The molecule has 0 atom stereocenters. The van der Waals surface area contributed by atoms with E-state index in [4.69, 9.17) is 10.7 Å². The van der Waals surface area contributed by atoms with Gasteiger partial charge in [0.1, 0.15) is 16.6 Å². The summed E-state index contributed by atoms with van der Waals surface area (Å²) in [7, 11) is 0. The van der Waals surface area contributed by atoms with Gasteiger partial charge in [0.15, 0.2) is 0 Å². The number of aliphatic imine (C=N–C) groups is 1. The lowest BCUT2D eigenvalue weighted by atomic mass is 10.1. The molecular formula is C22H23FN4S. The molecule has 0 unspecified atom stereocenters. The Bertz CT molecular complexity index is 1110. The average Bonchev–Trinajstić information content (AvgIpc) is 3.15. The third kappa shape index (κ3) is 3.84. The van der Waals surface area contributed by atoms with Gasteiger partial charge in [-0.25, -0.2) is 14.1 Å². The van der Waals surface area contributed by atoms with Gasteiger partial charge in [0.2, 0.25) is 0 Å². The van der Waals surface area contributed by atoms with E-state index in [0.717, 1.165) is 33.0 Å². The number of nitrogens with two attached hydrogens (primary N) is 1. The van der Waals surface area contributed by atoms with Crippen molar-refractivity contribution in [2.24, 2.45) is 4.99 Å². The van der Waals surface area contributed by atoms with Crippen LogP contribution in [0, 0.1) is 19.7 Å². The van der Waals surface area contributed by atoms with Gasteiger partial charge in [-0.1, -0.05) is 18.7 Å². The molecule has 1 aromatic carbocycles. The summed E-state index contributed by atoms with van der Waals surface area (Å²) in [5, 5.41) is 7.61. The monoisotopic (exact) mass is 394 g/mol. The Labute approximate surface area is 168 Å². The van der Waals surface area contributed by atoms with E-state index in [0.29, 0.717) is 23.6 Å². The molecule has 0 aliphatic rings. The summed E-state index contributed by atoms with van der Waals surface area (Å²) in [6.07, 6.45) is 0. The lowest BCUT2D eigenvalue weighted by Crippen LogP contribution is -2.11. The predicted molar refractivity (Wildman–Crippen MR) is 117 cm³/mol. The predicted octanol–water partition coefficient (Wildman–Crippen LogP) is 5.93. The van der Waals surface area contributed by atoms with Crippen molar-refractivity contribution in [2.45, 2.75) is 34.2 Å². The highest BCUT2D eigenvalue weighted by Crippen LogP contribution is 2.35. The summed E-state index contributed by atoms with van der Waals surface area (Å²) in [6.45, 7) is 12.1. The third-order valence-corrected chi connectivity index (χ3v) is 5.59. The first kappa shape index (κ1) is 19.8. The van der Waals surface area contributed by atoms with Gasteiger partial charge in [-0.05, 0) is 50.8 Å². The molecule has 144 valence electrons. The van der Waals surface area contributed by atoms with Crippen LogP contribution in [-0.4, -0.2) is 15.5 Å². The lowest BCUT2D eigenvalue weighted by molar-refractivity contribution is 0.628. The van der Waals surface area contributed by atoms with Crippen LogP contribution < -0.4 is 5.73 Å². The van der Waals surface area contributed by atoms with E-state index in [-0.39, 0.29) is 5.82 Å². The number of allylic oxidation sites excluding steroid dienone is 1. The number of aromatic nitrogens is 2. The second-order valence-electron chi connectivity index (χ2n) is 6.77. The second-order valence-corrected chi connectivity index (χ2v) is 7.63. The van der Waals surface area contributed by atoms with Crippen LogP contribution in [0.3, 0.4) is 0 Å². The fraction of sp³-hybridized carbons (Fsp3) is 0.227. The normalized spacial score (nSPS) is 11.5. The van der Waals surface area contributed by atoms with Crippen molar-refractivity contribution in [3.05, 3.63) is 64.5 Å². The number of halogens is 1. The van der Waals surface area contributed by atoms with Gasteiger partial charge in [0, 0.05) is 28.0 Å². The summed E-state index contributed by atoms with van der Waals surface area (Å²) >= 11 is 1.59. The van der Waals surface area contributed by atoms with Crippen molar-refractivity contribution in [3.8, 4) is 11.3 Å². The number of rotatable bonds is 5. The maximum atomic E-state index is 13.6. The first-order valence-corrected chi connectivity index (χ1v) is 9.77. The van der Waals surface area contributed by atoms with Gasteiger partial charge in [0.05, 0.1) is 12.2 Å². The van der Waals surface area contributed by atoms with Crippen LogP contribution in [0.5, 0.6) is 0 Å². The van der Waals surface area contributed by atoms with Crippen molar-refractivity contribution in [1.82, 2.24) is 9.78 Å². The van der Waals surface area contributed by atoms with E-state index in [2.05, 4.69) is 29.7 Å². The molecule has 0 fully saturated rings. The molecule has 2 heterocycles. The minimum absolute atomic E-state index is 0.297. The molecule has 0 radical (unpaired) electrons. The van der Waals surface area contributed by atoms with E-state index in [1.165, 1.54) is 12.1 Å². The molecule has 0 amide bonds. The van der Waals surface area contributed by atoms with E-state index < -0.39 is 0 Å². The van der Waals surface area contributed by atoms with Crippen molar-refractivity contribution < 1.29 is 4.39 Å². The number of anilines is 1. The van der Waals surface area contributed by atoms with E-state index in [1.54, 1.807) is 22.1 Å². The number of nitrogen functional groups attached to an aromatic ring is 1. The molecule has 4 nitrogen and oxygen atoms in total. The number of nitrogens with zero attached hydrogens (tertiary/aromatic N) is 3. The highest BCUT2D eigenvalue weighted by Gasteiger charge is 2.15. The molecule has 0 aliphatic heterocycles. The van der Waals surface area contributed by atoms with Crippen LogP contribution in [0.2, 0.25) is 0 Å². The molecule has 3 rings (SSSR count). The fourth-order valence-corrected chi connectivity index (χ4v) is 4.12. The standard InChI is InChI=1S/C22H23FN4S/c1-6-13(2)19-14(3)12-28-22(19)25-15(4)11-27-21(24)16(5)20(26-27)17-8-7-9-18(23)10-17/h7-10,12H,1,11,24H2,2-5H3. The molecule has 28 heavy (non-hydrogen) atoms. The zero-order valence-electron chi connectivity index (χ0n) is 16.5. The molecule has 2 N–H and O–H groups in total. The number of thiophene rings is 1. The number of hydrogen-bond donors (Lipinski definition) is 1. The van der Waals surface area contributed by atoms with E-state index >= 15 is 0 Å². The number of benzene rings is 1. The Kier molecular flexibility index (Phi) is 5.63. The second kappa shape index (κ2) is 7.97. The van der Waals surface area contributed by atoms with Crippen molar-refractivity contribution in [2.75, 3.05) is 5.73 Å². The molecule has 2 aromatic heterocycles. The summed E-state index contributed by atoms with van der Waals surface area (Å²) in [5.41, 5.74) is 15.5. The first-order chi connectivity index (χ1) is 13.3. The minimum Gasteiger partial charge on any atom is -0.384 e. The Morgan fingerprint density at radius 1 is 1.36 bits per heavy atom. The van der Waals surface area contributed by atoms with Gasteiger partial charge < -0.3 is 5.73 Å². The van der Waals surface area contributed by atoms with Crippen LogP contribution in [0.15, 0.2) is 46.9 Å². The van der Waals surface area contributed by atoms with Crippen molar-refractivity contribution in [1.29, 1.82) is 0 Å². The summed E-state index contributed by atoms with van der Waals surface area (Å²) in [4.78, 5) is 4.78. The highest BCUT2D eigenvalue weighted by molar-refractivity contribution is 7.14. The highest BCUT2D eigenvalue weighted by atomic mass is 32.1. The topological polar surface area (TPSA) is 56.2 Å². The van der Waals surface area contributed by atoms with Crippen LogP contribution in [0.1, 0.15) is 30.5 Å². The fourth-order valence-electron chi connectivity index (χ4n) is 3.08. The van der Waals surface area contributed by atoms with Crippen LogP contribution in [-0.2, 0) is 6.54 Å². The van der Waals surface area contributed by atoms with Gasteiger partial charge in [-0.2, -0.15) is 5.10 Å². The largest absolute Gasteiger partial charge is 0.384 e. The maximum absolute atomic E-state index is 13.6. The molecule has 0 spiro atoms. The third-order valence-electron chi connectivity index (χ3n) is 4.60. The summed E-state index contributed by atoms with van der Waals surface area (Å²) in [5.74, 6) is 0.257. The van der Waals surface area contributed by atoms with Crippen LogP contribution >= 0.6 is 11.3 Å². The van der Waals surface area contributed by atoms with E-state index in [1.807, 2.05) is 26.8 Å². The lowest BCUT2D eigenvalue weighted by Gasteiger charge is -2.05. The Morgan fingerprint density at radius 3 is 2.79 bits per heavy atom. The smallest absolute Gasteiger partial charge is 0.125 e. The minimum atomic E-state index is -0.297. The zero-order chi connectivity index (χ0) is 20.4.